The Balaban J connectivity index is 1.58. The smallest absolute Gasteiger partial charge is 0.363 e. The molecule has 0 bridgehead atoms. The molecule has 3 aromatic rings. The number of carbonyl (C=O) groups excluding carboxylic acids is 1. The first kappa shape index (κ1) is 20.3. The number of hydrogen-bond donors (Lipinski definition) is 0. The summed E-state index contributed by atoms with van der Waals surface area (Å²) >= 11 is 6.16. The van der Waals surface area contributed by atoms with Gasteiger partial charge >= 0.3 is 5.97 Å². The van der Waals surface area contributed by atoms with Crippen LogP contribution >= 0.6 is 11.6 Å². The van der Waals surface area contributed by atoms with E-state index in [-0.39, 0.29) is 23.9 Å². The minimum Gasteiger partial charge on any atom is -0.488 e. The first-order valence-corrected chi connectivity index (χ1v) is 9.62. The molecule has 154 valence electrons. The van der Waals surface area contributed by atoms with Crippen LogP contribution in [0.1, 0.15) is 16.7 Å². The van der Waals surface area contributed by atoms with E-state index in [0.717, 1.165) is 0 Å². The number of nitro benzene ring substituents is 1. The van der Waals surface area contributed by atoms with E-state index in [1.165, 1.54) is 12.1 Å². The summed E-state index contributed by atoms with van der Waals surface area (Å²) in [7, 11) is 0. The number of halogens is 1. The van der Waals surface area contributed by atoms with E-state index in [4.69, 9.17) is 21.1 Å². The predicted molar refractivity (Wildman–Crippen MR) is 116 cm³/mol. The number of cyclic esters (lactones) is 1. The summed E-state index contributed by atoms with van der Waals surface area (Å²) in [6, 6.07) is 20.3. The Morgan fingerprint density at radius 1 is 1.06 bits per heavy atom. The minimum absolute atomic E-state index is 0.00774. The van der Waals surface area contributed by atoms with Gasteiger partial charge in [0.05, 0.1) is 15.5 Å². The van der Waals surface area contributed by atoms with Crippen molar-refractivity contribution in [1.29, 1.82) is 0 Å². The molecule has 1 heterocycles. The second-order valence-electron chi connectivity index (χ2n) is 6.57. The van der Waals surface area contributed by atoms with Crippen LogP contribution in [-0.2, 0) is 16.1 Å². The molecule has 0 atom stereocenters. The maximum absolute atomic E-state index is 12.3. The zero-order chi connectivity index (χ0) is 21.8. The van der Waals surface area contributed by atoms with Crippen LogP contribution in [0, 0.1) is 10.1 Å². The topological polar surface area (TPSA) is 91.0 Å². The van der Waals surface area contributed by atoms with Gasteiger partial charge in [-0.1, -0.05) is 54.1 Å². The number of esters is 1. The second-order valence-corrected chi connectivity index (χ2v) is 6.98. The number of nitrogens with zero attached hydrogens (tertiary/aromatic N) is 2. The maximum atomic E-state index is 12.3. The minimum atomic E-state index is -0.594. The summed E-state index contributed by atoms with van der Waals surface area (Å²) in [4.78, 5) is 27.1. The highest BCUT2D eigenvalue weighted by atomic mass is 35.5. The Kier molecular flexibility index (Phi) is 5.77. The van der Waals surface area contributed by atoms with Gasteiger partial charge in [-0.2, -0.15) is 0 Å². The van der Waals surface area contributed by atoms with Crippen molar-refractivity contribution in [2.75, 3.05) is 0 Å². The monoisotopic (exact) mass is 434 g/mol. The van der Waals surface area contributed by atoms with E-state index in [0.29, 0.717) is 27.5 Å². The van der Waals surface area contributed by atoms with Crippen LogP contribution in [0.25, 0.3) is 6.08 Å². The standard InChI is InChI=1S/C23H15ClN2O5/c24-19-10-3-2-9-18(19)22-25-20(23(27)31-22)13-16-7-1-4-11-21(16)30-14-15-6-5-8-17(12-15)26(28)29/h1-13H,14H2/b20-13-. The van der Waals surface area contributed by atoms with Crippen LogP contribution < -0.4 is 4.74 Å². The molecule has 0 aliphatic carbocycles. The van der Waals surface area contributed by atoms with Crippen LogP contribution in [0.15, 0.2) is 83.5 Å². The van der Waals surface area contributed by atoms with E-state index >= 15 is 0 Å². The predicted octanol–water partition coefficient (Wildman–Crippen LogP) is 5.17. The zero-order valence-electron chi connectivity index (χ0n) is 16.0. The van der Waals surface area contributed by atoms with Crippen LogP contribution in [0.2, 0.25) is 5.02 Å². The lowest BCUT2D eigenvalue weighted by molar-refractivity contribution is -0.384. The number of para-hydroxylation sites is 1. The lowest BCUT2D eigenvalue weighted by atomic mass is 10.1. The quantitative estimate of drug-likeness (QED) is 0.231. The van der Waals surface area contributed by atoms with Crippen LogP contribution in [0.4, 0.5) is 5.69 Å². The number of non-ortho nitro benzene ring substituents is 1. The summed E-state index contributed by atoms with van der Waals surface area (Å²) in [5, 5.41) is 11.4. The molecular formula is C23H15ClN2O5. The lowest BCUT2D eigenvalue weighted by Crippen LogP contribution is -2.05. The first-order valence-electron chi connectivity index (χ1n) is 9.24. The van der Waals surface area contributed by atoms with Crippen molar-refractivity contribution < 1.29 is 19.2 Å². The summed E-state index contributed by atoms with van der Waals surface area (Å²) < 4.78 is 11.1. The highest BCUT2D eigenvalue weighted by Crippen LogP contribution is 2.27. The van der Waals surface area contributed by atoms with E-state index < -0.39 is 10.9 Å². The Morgan fingerprint density at radius 2 is 1.84 bits per heavy atom. The van der Waals surface area contributed by atoms with Crippen LogP contribution in [0.3, 0.4) is 0 Å². The van der Waals surface area contributed by atoms with Gasteiger partial charge in [-0.25, -0.2) is 9.79 Å². The van der Waals surface area contributed by atoms with Gasteiger partial charge < -0.3 is 9.47 Å². The van der Waals surface area contributed by atoms with E-state index in [2.05, 4.69) is 4.99 Å². The molecule has 0 amide bonds. The molecule has 3 aromatic carbocycles. The van der Waals surface area contributed by atoms with Crippen molar-refractivity contribution in [1.82, 2.24) is 0 Å². The number of benzene rings is 3. The molecule has 0 spiro atoms. The summed E-state index contributed by atoms with van der Waals surface area (Å²) in [6.45, 7) is 0.125. The van der Waals surface area contributed by atoms with Crippen molar-refractivity contribution in [2.24, 2.45) is 4.99 Å². The second kappa shape index (κ2) is 8.81. The third kappa shape index (κ3) is 4.62. The van der Waals surface area contributed by atoms with Gasteiger partial charge in [-0.15, -0.1) is 0 Å². The third-order valence-corrected chi connectivity index (χ3v) is 4.78. The molecular weight excluding hydrogens is 420 g/mol. The number of carbonyl (C=O) groups is 1. The average Bonchev–Trinajstić information content (AvgIpc) is 3.13. The van der Waals surface area contributed by atoms with Crippen molar-refractivity contribution >= 4 is 35.2 Å². The molecule has 0 aromatic heterocycles. The molecule has 0 unspecified atom stereocenters. The van der Waals surface area contributed by atoms with Gasteiger partial charge in [0.25, 0.3) is 5.69 Å². The molecule has 7 nitrogen and oxygen atoms in total. The lowest BCUT2D eigenvalue weighted by Gasteiger charge is -2.09. The summed E-state index contributed by atoms with van der Waals surface area (Å²) in [6.07, 6.45) is 1.56. The Morgan fingerprint density at radius 3 is 2.65 bits per heavy atom. The van der Waals surface area contributed by atoms with Gasteiger partial charge in [0.2, 0.25) is 5.90 Å². The summed E-state index contributed by atoms with van der Waals surface area (Å²) in [5.74, 6) is 0.0379. The fourth-order valence-corrected chi connectivity index (χ4v) is 3.17. The van der Waals surface area contributed by atoms with Crippen LogP contribution in [0.5, 0.6) is 5.75 Å². The zero-order valence-corrected chi connectivity index (χ0v) is 16.8. The number of nitro groups is 1. The van der Waals surface area contributed by atoms with Gasteiger partial charge in [0.1, 0.15) is 12.4 Å². The third-order valence-electron chi connectivity index (χ3n) is 4.45. The Bertz CT molecular complexity index is 1240. The fourth-order valence-electron chi connectivity index (χ4n) is 2.96. The highest BCUT2D eigenvalue weighted by molar-refractivity contribution is 6.34. The van der Waals surface area contributed by atoms with Gasteiger partial charge in [-0.3, -0.25) is 10.1 Å². The highest BCUT2D eigenvalue weighted by Gasteiger charge is 2.25. The van der Waals surface area contributed by atoms with Crippen molar-refractivity contribution in [2.45, 2.75) is 6.61 Å². The molecule has 1 aliphatic rings. The molecule has 4 rings (SSSR count). The fraction of sp³-hybridized carbons (Fsp3) is 0.0435. The summed E-state index contributed by atoms with van der Waals surface area (Å²) in [5.41, 5.74) is 1.89. The maximum Gasteiger partial charge on any atom is 0.363 e. The molecule has 0 saturated heterocycles. The molecule has 0 saturated carbocycles. The van der Waals surface area contributed by atoms with Gasteiger partial charge in [0, 0.05) is 17.7 Å². The largest absolute Gasteiger partial charge is 0.488 e. The number of hydrogen-bond acceptors (Lipinski definition) is 6. The van der Waals surface area contributed by atoms with E-state index in [1.54, 1.807) is 66.7 Å². The van der Waals surface area contributed by atoms with Gasteiger partial charge in [-0.05, 0) is 29.8 Å². The van der Waals surface area contributed by atoms with E-state index in [1.807, 2.05) is 0 Å². The number of rotatable bonds is 6. The normalized spacial score (nSPS) is 14.3. The first-order chi connectivity index (χ1) is 15.0. The van der Waals surface area contributed by atoms with Crippen molar-refractivity contribution in [3.8, 4) is 5.75 Å². The molecule has 1 aliphatic heterocycles. The molecule has 8 heteroatoms. The molecule has 0 fully saturated rings. The van der Waals surface area contributed by atoms with Gasteiger partial charge in [0.15, 0.2) is 5.70 Å². The molecule has 0 N–H and O–H groups in total. The molecule has 0 radical (unpaired) electrons. The van der Waals surface area contributed by atoms with Crippen molar-refractivity contribution in [3.63, 3.8) is 0 Å². The Labute approximate surface area is 182 Å². The SMILES string of the molecule is O=C1OC(c2ccccc2Cl)=N/C1=C\c1ccccc1OCc1cccc([N+](=O)[O-])c1. The number of ether oxygens (including phenoxy) is 2. The van der Waals surface area contributed by atoms with Crippen LogP contribution in [-0.4, -0.2) is 16.8 Å². The average molecular weight is 435 g/mol. The molecule has 31 heavy (non-hydrogen) atoms. The Hall–Kier alpha value is -3.97. The number of aliphatic imine (C=N–C) groups is 1. The van der Waals surface area contributed by atoms with E-state index in [9.17, 15) is 14.9 Å². The van der Waals surface area contributed by atoms with Crippen molar-refractivity contribution in [3.05, 3.63) is 110 Å².